The van der Waals surface area contributed by atoms with E-state index in [9.17, 15) is 19.5 Å². The molecule has 3 N–H and O–H groups in total. The first-order valence-electron chi connectivity index (χ1n) is 15.1. The van der Waals surface area contributed by atoms with Crippen molar-refractivity contribution in [1.82, 2.24) is 10.2 Å². The molecule has 6 atom stereocenters. The number of aliphatic hydroxyl groups is 1. The molecular weight excluding hydrogens is 546 g/mol. The number of nitrogens with one attached hydrogen (secondary N) is 2. The predicted octanol–water partition coefficient (Wildman–Crippen LogP) is 4.98. The Balaban J connectivity index is 1.28. The average molecular weight is 586 g/mol. The zero-order chi connectivity index (χ0) is 29.3. The molecule has 42 heavy (non-hydrogen) atoms. The number of benzene rings is 3. The van der Waals surface area contributed by atoms with Gasteiger partial charge in [0.1, 0.15) is 6.04 Å². The summed E-state index contributed by atoms with van der Waals surface area (Å²) < 4.78 is -0.650. The second kappa shape index (κ2) is 12.1. The van der Waals surface area contributed by atoms with Crippen LogP contribution >= 0.6 is 11.8 Å². The molecule has 0 radical (unpaired) electrons. The Kier molecular flexibility index (Phi) is 8.28. The highest BCUT2D eigenvalue weighted by Gasteiger charge is 2.75. The summed E-state index contributed by atoms with van der Waals surface area (Å²) >= 11 is 1.70. The van der Waals surface area contributed by atoms with Gasteiger partial charge in [-0.15, -0.1) is 11.8 Å². The summed E-state index contributed by atoms with van der Waals surface area (Å²) in [6, 6.07) is 23.0. The molecule has 220 valence electrons. The molecule has 8 heteroatoms. The third-order valence-electron chi connectivity index (χ3n) is 9.43. The number of rotatable bonds is 11. The minimum absolute atomic E-state index is 0.00685. The first-order chi connectivity index (χ1) is 20.4. The molecule has 3 aliphatic heterocycles. The first kappa shape index (κ1) is 28.7. The van der Waals surface area contributed by atoms with E-state index in [1.54, 1.807) is 16.7 Å². The SMILES string of the molecule is CC1C[C@@H]2SC13C(C(=O)Nc1ccc4ccccc4c1)N(CCCCCCO)C(=O)[C@@H]3[C@@H]2C(=O)NCc1ccccc1. The molecule has 3 saturated heterocycles. The van der Waals surface area contributed by atoms with Crippen LogP contribution in [0.4, 0.5) is 5.69 Å². The number of fused-ring (bicyclic) bond motifs is 2. The van der Waals surface area contributed by atoms with Gasteiger partial charge in [-0.25, -0.2) is 0 Å². The number of aliphatic hydroxyl groups excluding tert-OH is 1. The lowest BCUT2D eigenvalue weighted by Crippen LogP contribution is -2.55. The van der Waals surface area contributed by atoms with Crippen LogP contribution in [0.1, 0.15) is 44.6 Å². The van der Waals surface area contributed by atoms with Crippen LogP contribution in [-0.2, 0) is 20.9 Å². The molecule has 3 aromatic rings. The molecule has 0 aliphatic carbocycles. The van der Waals surface area contributed by atoms with Gasteiger partial charge in [-0.2, -0.15) is 0 Å². The Labute approximate surface area is 251 Å². The van der Waals surface area contributed by atoms with Gasteiger partial charge in [0.15, 0.2) is 0 Å². The molecule has 0 aromatic heterocycles. The van der Waals surface area contributed by atoms with Crippen molar-refractivity contribution in [2.45, 2.75) is 61.6 Å². The molecular formula is C34H39N3O4S. The zero-order valence-electron chi connectivity index (χ0n) is 24.0. The van der Waals surface area contributed by atoms with Gasteiger partial charge in [0.2, 0.25) is 17.7 Å². The maximum absolute atomic E-state index is 14.3. The number of amides is 3. The minimum Gasteiger partial charge on any atom is -0.396 e. The van der Waals surface area contributed by atoms with Gasteiger partial charge < -0.3 is 20.6 Å². The summed E-state index contributed by atoms with van der Waals surface area (Å²) in [4.78, 5) is 44.0. The smallest absolute Gasteiger partial charge is 0.248 e. The van der Waals surface area contributed by atoms with Crippen LogP contribution in [0.2, 0.25) is 0 Å². The van der Waals surface area contributed by atoms with Gasteiger partial charge in [0, 0.05) is 30.6 Å². The largest absolute Gasteiger partial charge is 0.396 e. The van der Waals surface area contributed by atoms with E-state index in [4.69, 9.17) is 0 Å². The maximum atomic E-state index is 14.3. The van der Waals surface area contributed by atoms with Gasteiger partial charge >= 0.3 is 0 Å². The van der Waals surface area contributed by atoms with Crippen LogP contribution in [0, 0.1) is 17.8 Å². The zero-order valence-corrected chi connectivity index (χ0v) is 24.8. The van der Waals surface area contributed by atoms with E-state index in [2.05, 4.69) is 17.6 Å². The Bertz CT molecular complexity index is 1470. The summed E-state index contributed by atoms with van der Waals surface area (Å²) in [5, 5.41) is 17.6. The fourth-order valence-electron chi connectivity index (χ4n) is 7.49. The third kappa shape index (κ3) is 5.09. The van der Waals surface area contributed by atoms with Gasteiger partial charge in [0.25, 0.3) is 0 Å². The Morgan fingerprint density at radius 2 is 1.69 bits per heavy atom. The number of nitrogens with zero attached hydrogens (tertiary/aromatic N) is 1. The van der Waals surface area contributed by atoms with Gasteiger partial charge in [-0.05, 0) is 53.6 Å². The fourth-order valence-corrected chi connectivity index (χ4v) is 9.91. The van der Waals surface area contributed by atoms with Crippen molar-refractivity contribution in [1.29, 1.82) is 0 Å². The molecule has 2 bridgehead atoms. The lowest BCUT2D eigenvalue weighted by molar-refractivity contribution is -0.139. The van der Waals surface area contributed by atoms with Crippen LogP contribution in [-0.4, -0.2) is 56.9 Å². The molecule has 3 unspecified atom stereocenters. The highest BCUT2D eigenvalue weighted by atomic mass is 32.2. The molecule has 3 fully saturated rings. The first-order valence-corrected chi connectivity index (χ1v) is 16.0. The molecule has 6 rings (SSSR count). The standard InChI is InChI=1S/C34H39N3O4S/c1-22-19-27-28(31(39)35-21-23-11-5-4-6-12-23)29-33(41)37(17-9-2-3-10-18-38)30(34(22,29)42-27)32(40)36-26-16-15-24-13-7-8-14-25(24)20-26/h4-8,11-16,20,22,27-30,38H,2-3,9-10,17-19,21H2,1H3,(H,35,39)(H,36,40)/t22?,27-,28+,29-,30?,34?/m0/s1. The van der Waals surface area contributed by atoms with E-state index in [-0.39, 0.29) is 35.5 Å². The number of carbonyl (C=O) groups is 3. The molecule has 3 amide bonds. The van der Waals surface area contributed by atoms with Crippen molar-refractivity contribution < 1.29 is 19.5 Å². The number of likely N-dealkylation sites (tertiary alicyclic amines) is 1. The van der Waals surface area contributed by atoms with E-state index in [0.29, 0.717) is 18.8 Å². The van der Waals surface area contributed by atoms with E-state index in [1.165, 1.54) is 0 Å². The number of hydrogen-bond acceptors (Lipinski definition) is 5. The van der Waals surface area contributed by atoms with Crippen LogP contribution in [0.5, 0.6) is 0 Å². The van der Waals surface area contributed by atoms with Crippen molar-refractivity contribution in [3.8, 4) is 0 Å². The number of anilines is 1. The van der Waals surface area contributed by atoms with Crippen molar-refractivity contribution >= 4 is 45.9 Å². The van der Waals surface area contributed by atoms with Crippen molar-refractivity contribution in [2.75, 3.05) is 18.5 Å². The predicted molar refractivity (Wildman–Crippen MR) is 167 cm³/mol. The normalized spacial score (nSPS) is 27.8. The monoisotopic (exact) mass is 585 g/mol. The number of unbranched alkanes of at least 4 members (excludes halogenated alkanes) is 3. The van der Waals surface area contributed by atoms with Gasteiger partial charge in [0.05, 0.1) is 16.6 Å². The molecule has 1 spiro atoms. The Morgan fingerprint density at radius 3 is 2.48 bits per heavy atom. The fraction of sp³-hybridized carbons (Fsp3) is 0.441. The topological polar surface area (TPSA) is 98.7 Å². The maximum Gasteiger partial charge on any atom is 0.248 e. The Morgan fingerprint density at radius 1 is 0.952 bits per heavy atom. The van der Waals surface area contributed by atoms with Crippen LogP contribution in [0.25, 0.3) is 10.8 Å². The molecule has 0 saturated carbocycles. The van der Waals surface area contributed by atoms with Crippen LogP contribution in [0.15, 0.2) is 72.8 Å². The van der Waals surface area contributed by atoms with Gasteiger partial charge in [-0.1, -0.05) is 80.4 Å². The van der Waals surface area contributed by atoms with E-state index < -0.39 is 22.6 Å². The van der Waals surface area contributed by atoms with Crippen molar-refractivity contribution in [2.24, 2.45) is 17.8 Å². The summed E-state index contributed by atoms with van der Waals surface area (Å²) in [5.74, 6) is -1.22. The van der Waals surface area contributed by atoms with E-state index in [0.717, 1.165) is 48.4 Å². The van der Waals surface area contributed by atoms with Crippen molar-refractivity contribution in [3.05, 3.63) is 78.4 Å². The van der Waals surface area contributed by atoms with Crippen LogP contribution < -0.4 is 10.6 Å². The third-order valence-corrected chi connectivity index (χ3v) is 11.5. The van der Waals surface area contributed by atoms with Gasteiger partial charge in [-0.3, -0.25) is 14.4 Å². The van der Waals surface area contributed by atoms with Crippen LogP contribution in [0.3, 0.4) is 0 Å². The number of hydrogen-bond donors (Lipinski definition) is 3. The molecule has 3 aliphatic rings. The summed E-state index contributed by atoms with van der Waals surface area (Å²) in [5.41, 5.74) is 1.72. The number of carbonyl (C=O) groups excluding carboxylic acids is 3. The molecule has 3 heterocycles. The summed E-state index contributed by atoms with van der Waals surface area (Å²) in [7, 11) is 0. The van der Waals surface area contributed by atoms with Crippen molar-refractivity contribution in [3.63, 3.8) is 0 Å². The average Bonchev–Trinajstić information content (AvgIpc) is 3.59. The summed E-state index contributed by atoms with van der Waals surface area (Å²) in [6.07, 6.45) is 4.03. The number of thioether (sulfide) groups is 1. The lowest BCUT2D eigenvalue weighted by Gasteiger charge is -2.38. The lowest BCUT2D eigenvalue weighted by atomic mass is 9.66. The van der Waals surface area contributed by atoms with E-state index >= 15 is 0 Å². The molecule has 3 aromatic carbocycles. The highest BCUT2D eigenvalue weighted by molar-refractivity contribution is 8.02. The second-order valence-electron chi connectivity index (χ2n) is 12.0. The highest BCUT2D eigenvalue weighted by Crippen LogP contribution is 2.68. The minimum atomic E-state index is -0.656. The Hall–Kier alpha value is -3.36. The second-order valence-corrected chi connectivity index (χ2v) is 13.5. The summed E-state index contributed by atoms with van der Waals surface area (Å²) in [6.45, 7) is 3.18. The molecule has 7 nitrogen and oxygen atoms in total. The quantitative estimate of drug-likeness (QED) is 0.276. The van der Waals surface area contributed by atoms with E-state index in [1.807, 2.05) is 72.8 Å².